The SMILES string of the molecule is CCOC(=O)CC(O)C(O)c1cnc(SC)nc1. The minimum absolute atomic E-state index is 0.243. The van der Waals surface area contributed by atoms with Gasteiger partial charge in [-0.1, -0.05) is 11.8 Å². The Morgan fingerprint density at radius 3 is 2.56 bits per heavy atom. The predicted molar refractivity (Wildman–Crippen MR) is 66.0 cm³/mol. The van der Waals surface area contributed by atoms with Gasteiger partial charge in [0.2, 0.25) is 0 Å². The second-order valence-electron chi connectivity index (χ2n) is 3.52. The van der Waals surface area contributed by atoms with Crippen molar-refractivity contribution in [2.24, 2.45) is 0 Å². The molecule has 0 aliphatic carbocycles. The van der Waals surface area contributed by atoms with E-state index in [1.807, 2.05) is 6.26 Å². The Bertz CT molecular complexity index is 385. The van der Waals surface area contributed by atoms with Crippen molar-refractivity contribution >= 4 is 17.7 Å². The molecule has 1 rings (SSSR count). The quantitative estimate of drug-likeness (QED) is 0.443. The second kappa shape index (κ2) is 7.30. The van der Waals surface area contributed by atoms with E-state index in [9.17, 15) is 15.0 Å². The average molecular weight is 272 g/mol. The van der Waals surface area contributed by atoms with Gasteiger partial charge in [0.25, 0.3) is 0 Å². The molecule has 100 valence electrons. The number of hydrogen-bond acceptors (Lipinski definition) is 7. The van der Waals surface area contributed by atoms with Crippen molar-refractivity contribution in [3.05, 3.63) is 18.0 Å². The van der Waals surface area contributed by atoms with Crippen molar-refractivity contribution in [3.8, 4) is 0 Å². The van der Waals surface area contributed by atoms with Crippen molar-refractivity contribution in [1.82, 2.24) is 9.97 Å². The average Bonchev–Trinajstić information content (AvgIpc) is 2.38. The molecule has 0 saturated heterocycles. The number of rotatable bonds is 6. The van der Waals surface area contributed by atoms with Crippen molar-refractivity contribution in [3.63, 3.8) is 0 Å². The largest absolute Gasteiger partial charge is 0.466 e. The summed E-state index contributed by atoms with van der Waals surface area (Å²) >= 11 is 1.37. The molecule has 0 amide bonds. The van der Waals surface area contributed by atoms with Crippen molar-refractivity contribution in [2.75, 3.05) is 12.9 Å². The van der Waals surface area contributed by atoms with E-state index in [0.717, 1.165) is 0 Å². The number of hydrogen-bond donors (Lipinski definition) is 2. The molecule has 0 aliphatic heterocycles. The Kier molecular flexibility index (Phi) is 6.03. The maximum Gasteiger partial charge on any atom is 0.308 e. The van der Waals surface area contributed by atoms with Crippen LogP contribution in [0.4, 0.5) is 0 Å². The standard InChI is InChI=1S/C11H16N2O4S/c1-3-17-9(15)4-8(14)10(16)7-5-12-11(18-2)13-6-7/h5-6,8,10,14,16H,3-4H2,1-2H3. The molecule has 0 fully saturated rings. The number of aromatic nitrogens is 2. The first kappa shape index (κ1) is 14.9. The van der Waals surface area contributed by atoms with E-state index in [1.165, 1.54) is 24.2 Å². The maximum absolute atomic E-state index is 11.2. The van der Waals surface area contributed by atoms with Gasteiger partial charge in [0.1, 0.15) is 6.10 Å². The van der Waals surface area contributed by atoms with Gasteiger partial charge in [-0.2, -0.15) is 0 Å². The van der Waals surface area contributed by atoms with Crippen LogP contribution >= 0.6 is 11.8 Å². The van der Waals surface area contributed by atoms with E-state index in [-0.39, 0.29) is 13.0 Å². The summed E-state index contributed by atoms with van der Waals surface area (Å²) in [6.45, 7) is 1.92. The molecule has 2 N–H and O–H groups in total. The molecule has 2 atom stereocenters. The summed E-state index contributed by atoms with van der Waals surface area (Å²) in [6, 6.07) is 0. The van der Waals surface area contributed by atoms with Crippen molar-refractivity contribution < 1.29 is 19.7 Å². The van der Waals surface area contributed by atoms with Gasteiger partial charge in [-0.25, -0.2) is 9.97 Å². The number of carbonyl (C=O) groups excluding carboxylic acids is 1. The molecule has 2 unspecified atom stereocenters. The molecule has 1 heterocycles. The Morgan fingerprint density at radius 1 is 1.44 bits per heavy atom. The lowest BCUT2D eigenvalue weighted by molar-refractivity contribution is -0.147. The fourth-order valence-corrected chi connectivity index (χ4v) is 1.63. The molecule has 1 aromatic rings. The van der Waals surface area contributed by atoms with Crippen LogP contribution in [-0.4, -0.2) is 45.1 Å². The Labute approximate surface area is 109 Å². The van der Waals surface area contributed by atoms with Crippen LogP contribution in [0.3, 0.4) is 0 Å². The monoisotopic (exact) mass is 272 g/mol. The summed E-state index contributed by atoms with van der Waals surface area (Å²) < 4.78 is 4.69. The Hall–Kier alpha value is -1.18. The molecular weight excluding hydrogens is 256 g/mol. The number of aliphatic hydroxyl groups is 2. The summed E-state index contributed by atoms with van der Waals surface area (Å²) in [7, 11) is 0. The summed E-state index contributed by atoms with van der Waals surface area (Å²) in [5, 5.41) is 20.1. The number of thioether (sulfide) groups is 1. The Morgan fingerprint density at radius 2 is 2.06 bits per heavy atom. The molecule has 1 aromatic heterocycles. The highest BCUT2D eigenvalue weighted by Crippen LogP contribution is 2.19. The fraction of sp³-hybridized carbons (Fsp3) is 0.545. The third-order valence-corrected chi connectivity index (χ3v) is 2.79. The van der Waals surface area contributed by atoms with Crippen LogP contribution in [-0.2, 0) is 9.53 Å². The smallest absolute Gasteiger partial charge is 0.308 e. The third-order valence-electron chi connectivity index (χ3n) is 2.22. The third kappa shape index (κ3) is 4.25. The predicted octanol–water partition coefficient (Wildman–Crippen LogP) is 0.546. The number of aliphatic hydroxyl groups excluding tert-OH is 2. The van der Waals surface area contributed by atoms with Crippen LogP contribution in [0, 0.1) is 0 Å². The fourth-order valence-electron chi connectivity index (χ4n) is 1.31. The van der Waals surface area contributed by atoms with Gasteiger partial charge in [-0.15, -0.1) is 0 Å². The maximum atomic E-state index is 11.2. The highest BCUT2D eigenvalue weighted by molar-refractivity contribution is 7.98. The zero-order chi connectivity index (χ0) is 13.5. The van der Waals surface area contributed by atoms with Crippen LogP contribution in [0.2, 0.25) is 0 Å². The Balaban J connectivity index is 2.61. The zero-order valence-electron chi connectivity index (χ0n) is 10.2. The van der Waals surface area contributed by atoms with E-state index >= 15 is 0 Å². The van der Waals surface area contributed by atoms with E-state index in [4.69, 9.17) is 4.74 Å². The zero-order valence-corrected chi connectivity index (χ0v) is 11.1. The van der Waals surface area contributed by atoms with Crippen molar-refractivity contribution in [1.29, 1.82) is 0 Å². The highest BCUT2D eigenvalue weighted by Gasteiger charge is 2.22. The summed E-state index contributed by atoms with van der Waals surface area (Å²) in [4.78, 5) is 19.1. The van der Waals surface area contributed by atoms with Gasteiger partial charge in [-0.05, 0) is 13.2 Å². The molecule has 0 spiro atoms. The molecule has 0 bridgehead atoms. The highest BCUT2D eigenvalue weighted by atomic mass is 32.2. The van der Waals surface area contributed by atoms with Gasteiger partial charge < -0.3 is 14.9 Å². The van der Waals surface area contributed by atoms with Gasteiger partial charge in [0.15, 0.2) is 5.16 Å². The second-order valence-corrected chi connectivity index (χ2v) is 4.30. The molecule has 0 aromatic carbocycles. The number of carbonyl (C=O) groups is 1. The molecule has 18 heavy (non-hydrogen) atoms. The van der Waals surface area contributed by atoms with Crippen LogP contribution < -0.4 is 0 Å². The number of ether oxygens (including phenoxy) is 1. The molecule has 0 radical (unpaired) electrons. The lowest BCUT2D eigenvalue weighted by Gasteiger charge is -2.16. The molecule has 6 nitrogen and oxygen atoms in total. The normalized spacial score (nSPS) is 14.0. The van der Waals surface area contributed by atoms with E-state index < -0.39 is 18.2 Å². The minimum atomic E-state index is -1.23. The first-order valence-corrected chi connectivity index (χ1v) is 6.68. The van der Waals surface area contributed by atoms with E-state index in [2.05, 4.69) is 9.97 Å². The van der Waals surface area contributed by atoms with Crippen LogP contribution in [0.5, 0.6) is 0 Å². The summed E-state index contributed by atoms with van der Waals surface area (Å²) in [5.74, 6) is -0.550. The molecule has 0 aliphatic rings. The summed E-state index contributed by atoms with van der Waals surface area (Å²) in [5.41, 5.74) is 0.365. The first-order chi connectivity index (χ1) is 8.58. The van der Waals surface area contributed by atoms with Gasteiger partial charge in [-0.3, -0.25) is 4.79 Å². The van der Waals surface area contributed by atoms with Crippen LogP contribution in [0.15, 0.2) is 17.6 Å². The number of nitrogens with zero attached hydrogens (tertiary/aromatic N) is 2. The lowest BCUT2D eigenvalue weighted by Crippen LogP contribution is -2.23. The topological polar surface area (TPSA) is 92.5 Å². The van der Waals surface area contributed by atoms with Gasteiger partial charge >= 0.3 is 5.97 Å². The van der Waals surface area contributed by atoms with Gasteiger partial charge in [0.05, 0.1) is 19.1 Å². The van der Waals surface area contributed by atoms with Crippen LogP contribution in [0.25, 0.3) is 0 Å². The van der Waals surface area contributed by atoms with Crippen molar-refractivity contribution in [2.45, 2.75) is 30.7 Å². The minimum Gasteiger partial charge on any atom is -0.466 e. The van der Waals surface area contributed by atoms with Crippen LogP contribution in [0.1, 0.15) is 25.0 Å². The summed E-state index contributed by atoms with van der Waals surface area (Å²) in [6.07, 6.45) is 1.99. The molecule has 0 saturated carbocycles. The molecular formula is C11H16N2O4S. The van der Waals surface area contributed by atoms with E-state index in [1.54, 1.807) is 6.92 Å². The van der Waals surface area contributed by atoms with Gasteiger partial charge in [0, 0.05) is 18.0 Å². The lowest BCUT2D eigenvalue weighted by atomic mass is 10.1. The van der Waals surface area contributed by atoms with E-state index in [0.29, 0.717) is 10.7 Å². The first-order valence-electron chi connectivity index (χ1n) is 5.46. The molecule has 7 heteroatoms. The number of esters is 1.